The van der Waals surface area contributed by atoms with Gasteiger partial charge in [-0.25, -0.2) is 8.42 Å². The quantitative estimate of drug-likeness (QED) is 0.709. The minimum Gasteiger partial charge on any atom is -0.497 e. The first-order chi connectivity index (χ1) is 13.6. The summed E-state index contributed by atoms with van der Waals surface area (Å²) in [5.41, 5.74) is 3.67. The van der Waals surface area contributed by atoms with Crippen LogP contribution in [0.5, 0.6) is 5.75 Å². The van der Waals surface area contributed by atoms with Crippen LogP contribution in [0.15, 0.2) is 42.5 Å². The van der Waals surface area contributed by atoms with Gasteiger partial charge in [-0.15, -0.1) is 0 Å². The molecule has 2 aromatic rings. The highest BCUT2D eigenvalue weighted by atomic mass is 32.2. The van der Waals surface area contributed by atoms with Gasteiger partial charge in [-0.2, -0.15) is 0 Å². The lowest BCUT2D eigenvalue weighted by Crippen LogP contribution is -2.48. The van der Waals surface area contributed by atoms with Crippen LogP contribution in [0.2, 0.25) is 0 Å². The van der Waals surface area contributed by atoms with Crippen molar-refractivity contribution in [2.75, 3.05) is 17.7 Å². The average molecular weight is 419 g/mol. The van der Waals surface area contributed by atoms with Crippen molar-refractivity contribution in [2.24, 2.45) is 0 Å². The fourth-order valence-electron chi connectivity index (χ4n) is 3.47. The predicted molar refractivity (Wildman–Crippen MR) is 117 cm³/mol. The highest BCUT2D eigenvalue weighted by molar-refractivity contribution is 7.92. The second kappa shape index (κ2) is 9.31. The Morgan fingerprint density at radius 2 is 1.86 bits per heavy atom. The van der Waals surface area contributed by atoms with Crippen molar-refractivity contribution >= 4 is 21.6 Å². The molecular weight excluding hydrogens is 388 g/mol. The monoisotopic (exact) mass is 418 g/mol. The minimum absolute atomic E-state index is 0.197. The highest BCUT2D eigenvalue weighted by Crippen LogP contribution is 2.26. The molecule has 1 N–H and O–H groups in total. The van der Waals surface area contributed by atoms with Gasteiger partial charge < -0.3 is 10.1 Å². The lowest BCUT2D eigenvalue weighted by molar-refractivity contribution is -0.122. The molecule has 0 fully saturated rings. The predicted octanol–water partition coefficient (Wildman–Crippen LogP) is 3.73. The van der Waals surface area contributed by atoms with E-state index < -0.39 is 16.1 Å². The molecule has 0 unspecified atom stereocenters. The normalized spacial score (nSPS) is 13.4. The van der Waals surface area contributed by atoms with Gasteiger partial charge in [0, 0.05) is 6.07 Å². The molecule has 0 saturated heterocycles. The summed E-state index contributed by atoms with van der Waals surface area (Å²) in [5, 5.41) is 3.02. The van der Waals surface area contributed by atoms with Crippen molar-refractivity contribution in [2.45, 2.75) is 46.2 Å². The molecule has 0 spiro atoms. The summed E-state index contributed by atoms with van der Waals surface area (Å²) in [5.74, 6) is 0.163. The number of nitrogens with one attached hydrogen (secondary N) is 1. The molecule has 0 aliphatic carbocycles. The zero-order valence-corrected chi connectivity index (χ0v) is 18.7. The van der Waals surface area contributed by atoms with Crippen molar-refractivity contribution in [1.82, 2.24) is 5.32 Å². The van der Waals surface area contributed by atoms with Crippen LogP contribution in [0.1, 0.15) is 43.0 Å². The third kappa shape index (κ3) is 5.50. The van der Waals surface area contributed by atoms with Crippen molar-refractivity contribution in [3.8, 4) is 5.75 Å². The van der Waals surface area contributed by atoms with Crippen LogP contribution in [0.3, 0.4) is 0 Å². The van der Waals surface area contributed by atoms with E-state index in [4.69, 9.17) is 4.74 Å². The lowest BCUT2D eigenvalue weighted by Gasteiger charge is -2.30. The number of hydrogen-bond donors (Lipinski definition) is 1. The number of carbonyl (C=O) groups excluding carboxylic acids is 1. The van der Waals surface area contributed by atoms with E-state index in [1.165, 1.54) is 7.11 Å². The first-order valence-corrected chi connectivity index (χ1v) is 11.4. The molecule has 1 amide bonds. The SMILES string of the molecule is CC[C@H](NC(=O)[C@H](C)N(c1cccc(OC)c1)S(C)(=O)=O)c1ccc(C)cc1C. The Morgan fingerprint density at radius 3 is 2.41 bits per heavy atom. The van der Waals surface area contributed by atoms with E-state index in [2.05, 4.69) is 11.4 Å². The number of aryl methyl sites for hydroxylation is 2. The molecule has 2 atom stereocenters. The number of rotatable bonds is 8. The molecule has 0 bridgehead atoms. The van der Waals surface area contributed by atoms with Gasteiger partial charge in [-0.05, 0) is 50.5 Å². The molecule has 0 aliphatic rings. The number of benzene rings is 2. The topological polar surface area (TPSA) is 75.7 Å². The van der Waals surface area contributed by atoms with Gasteiger partial charge in [-0.3, -0.25) is 9.10 Å². The van der Waals surface area contributed by atoms with E-state index in [-0.39, 0.29) is 11.9 Å². The first kappa shape index (κ1) is 22.7. The fourth-order valence-corrected chi connectivity index (χ4v) is 4.63. The van der Waals surface area contributed by atoms with Crippen molar-refractivity contribution in [3.63, 3.8) is 0 Å². The van der Waals surface area contributed by atoms with E-state index in [0.717, 1.165) is 27.3 Å². The average Bonchev–Trinajstić information content (AvgIpc) is 2.65. The summed E-state index contributed by atoms with van der Waals surface area (Å²) in [6.07, 6.45) is 1.79. The second-order valence-electron chi connectivity index (χ2n) is 7.27. The van der Waals surface area contributed by atoms with Gasteiger partial charge >= 0.3 is 0 Å². The Bertz CT molecular complexity index is 973. The molecule has 29 heavy (non-hydrogen) atoms. The highest BCUT2D eigenvalue weighted by Gasteiger charge is 2.30. The second-order valence-corrected chi connectivity index (χ2v) is 9.13. The van der Waals surface area contributed by atoms with E-state index >= 15 is 0 Å². The van der Waals surface area contributed by atoms with E-state index in [1.54, 1.807) is 31.2 Å². The molecule has 0 aromatic heterocycles. The summed E-state index contributed by atoms with van der Waals surface area (Å²) in [6.45, 7) is 7.62. The molecule has 2 aromatic carbocycles. The fraction of sp³-hybridized carbons (Fsp3) is 0.409. The Hall–Kier alpha value is -2.54. The molecule has 0 radical (unpaired) electrons. The largest absolute Gasteiger partial charge is 0.497 e. The molecular formula is C22H30N2O4S. The molecule has 6 nitrogen and oxygen atoms in total. The summed E-state index contributed by atoms with van der Waals surface area (Å²) >= 11 is 0. The summed E-state index contributed by atoms with van der Waals surface area (Å²) in [7, 11) is -2.18. The van der Waals surface area contributed by atoms with E-state index in [9.17, 15) is 13.2 Å². The van der Waals surface area contributed by atoms with E-state index in [0.29, 0.717) is 17.9 Å². The van der Waals surface area contributed by atoms with Crippen LogP contribution in [0, 0.1) is 13.8 Å². The van der Waals surface area contributed by atoms with Crippen molar-refractivity contribution in [1.29, 1.82) is 0 Å². The lowest BCUT2D eigenvalue weighted by atomic mass is 9.97. The smallest absolute Gasteiger partial charge is 0.244 e. The van der Waals surface area contributed by atoms with Crippen LogP contribution >= 0.6 is 0 Å². The molecule has 7 heteroatoms. The molecule has 0 saturated carbocycles. The number of amides is 1. The third-order valence-corrected chi connectivity index (χ3v) is 6.16. The van der Waals surface area contributed by atoms with Gasteiger partial charge in [0.25, 0.3) is 0 Å². The number of ether oxygens (including phenoxy) is 1. The third-order valence-electron chi connectivity index (χ3n) is 4.92. The Kier molecular flexibility index (Phi) is 7.30. The number of hydrogen-bond acceptors (Lipinski definition) is 4. The maximum atomic E-state index is 13.0. The summed E-state index contributed by atoms with van der Waals surface area (Å²) < 4.78 is 31.3. The van der Waals surface area contributed by atoms with Crippen LogP contribution in [-0.4, -0.2) is 33.7 Å². The van der Waals surface area contributed by atoms with E-state index in [1.807, 2.05) is 32.9 Å². The standard InChI is InChI=1S/C22H30N2O4S/c1-7-21(20-12-11-15(2)13-16(20)3)23-22(25)17(4)24(29(6,26)27)18-9-8-10-19(14-18)28-5/h8-14,17,21H,7H2,1-6H3,(H,23,25)/t17-,21-/m0/s1. The Labute approximate surface area is 173 Å². The zero-order chi connectivity index (χ0) is 21.8. The first-order valence-electron chi connectivity index (χ1n) is 9.59. The van der Waals surface area contributed by atoms with Crippen molar-refractivity contribution < 1.29 is 17.9 Å². The maximum absolute atomic E-state index is 13.0. The molecule has 0 aliphatic heterocycles. The van der Waals surface area contributed by atoms with Crippen LogP contribution in [0.4, 0.5) is 5.69 Å². The van der Waals surface area contributed by atoms with Crippen molar-refractivity contribution in [3.05, 3.63) is 59.2 Å². The van der Waals surface area contributed by atoms with Gasteiger partial charge in [0.15, 0.2) is 0 Å². The molecule has 2 rings (SSSR count). The van der Waals surface area contributed by atoms with Crippen LogP contribution in [-0.2, 0) is 14.8 Å². The molecule has 158 valence electrons. The Morgan fingerprint density at radius 1 is 1.17 bits per heavy atom. The number of methoxy groups -OCH3 is 1. The van der Waals surface area contributed by atoms with Gasteiger partial charge in [0.2, 0.25) is 15.9 Å². The van der Waals surface area contributed by atoms with Gasteiger partial charge in [-0.1, -0.05) is 36.8 Å². The minimum atomic E-state index is -3.69. The number of carbonyl (C=O) groups is 1. The summed E-state index contributed by atoms with van der Waals surface area (Å²) in [4.78, 5) is 13.0. The zero-order valence-electron chi connectivity index (χ0n) is 17.9. The Balaban J connectivity index is 2.32. The summed E-state index contributed by atoms with van der Waals surface area (Å²) in [6, 6.07) is 11.7. The van der Waals surface area contributed by atoms with Crippen LogP contribution in [0.25, 0.3) is 0 Å². The number of sulfonamides is 1. The van der Waals surface area contributed by atoms with Gasteiger partial charge in [0.05, 0.1) is 25.1 Å². The number of nitrogens with zero attached hydrogens (tertiary/aromatic N) is 1. The number of anilines is 1. The molecule has 0 heterocycles. The maximum Gasteiger partial charge on any atom is 0.244 e. The van der Waals surface area contributed by atoms with Crippen LogP contribution < -0.4 is 14.4 Å². The van der Waals surface area contributed by atoms with Gasteiger partial charge in [0.1, 0.15) is 11.8 Å².